The van der Waals surface area contributed by atoms with Crippen LogP contribution >= 0.6 is 0 Å². The number of benzene rings is 1. The van der Waals surface area contributed by atoms with Crippen LogP contribution in [0.4, 0.5) is 0 Å². The fraction of sp³-hybridized carbons (Fsp3) is 0.333. The van der Waals surface area contributed by atoms with Gasteiger partial charge in [0.05, 0.1) is 12.0 Å². The molecule has 3 heteroatoms. The Morgan fingerprint density at radius 3 is 2.83 bits per heavy atom. The summed E-state index contributed by atoms with van der Waals surface area (Å²) in [5.41, 5.74) is 2.19. The maximum atomic E-state index is 12.3. The zero-order valence-electron chi connectivity index (χ0n) is 10.3. The first-order valence-electron chi connectivity index (χ1n) is 6.34. The zero-order chi connectivity index (χ0) is 12.7. The molecule has 1 fully saturated rings. The van der Waals surface area contributed by atoms with Gasteiger partial charge in [0.2, 0.25) is 5.91 Å². The molecule has 0 spiro atoms. The third-order valence-corrected chi connectivity index (χ3v) is 3.85. The molecule has 1 amide bonds. The molecule has 0 saturated carbocycles. The number of carbonyl (C=O) groups is 2. The average Bonchev–Trinajstić information content (AvgIpc) is 2.39. The van der Waals surface area contributed by atoms with Crippen molar-refractivity contribution in [3.63, 3.8) is 0 Å². The number of Topliss-reactive ketones (excluding diaryl/α,β-unsaturated/α-hetero) is 1. The molecule has 0 N–H and O–H groups in total. The van der Waals surface area contributed by atoms with Crippen molar-refractivity contribution in [2.45, 2.75) is 25.8 Å². The van der Waals surface area contributed by atoms with Crippen LogP contribution in [0.1, 0.15) is 36.9 Å². The maximum absolute atomic E-state index is 12.3. The lowest BCUT2D eigenvalue weighted by atomic mass is 9.83. The Bertz CT molecular complexity index is 547. The summed E-state index contributed by atoms with van der Waals surface area (Å²) in [6.45, 7) is 1.89. The summed E-state index contributed by atoms with van der Waals surface area (Å²) in [5, 5.41) is 0. The number of ketones is 1. The fourth-order valence-electron chi connectivity index (χ4n) is 2.87. The minimum Gasteiger partial charge on any atom is -0.310 e. The summed E-state index contributed by atoms with van der Waals surface area (Å²) < 4.78 is 0. The predicted molar refractivity (Wildman–Crippen MR) is 68.5 cm³/mol. The molecule has 2 heterocycles. The van der Waals surface area contributed by atoms with Crippen LogP contribution in [0, 0.1) is 5.92 Å². The van der Waals surface area contributed by atoms with Crippen molar-refractivity contribution < 1.29 is 9.59 Å². The van der Waals surface area contributed by atoms with Crippen LogP contribution in [0.2, 0.25) is 0 Å². The summed E-state index contributed by atoms with van der Waals surface area (Å²) in [7, 11) is 0. The van der Waals surface area contributed by atoms with E-state index in [-0.39, 0.29) is 17.7 Å². The highest BCUT2D eigenvalue weighted by molar-refractivity contribution is 6.04. The molecule has 0 aromatic heterocycles. The SMILES string of the molecule is CCC1C(=O)CC2c3ccccc3C=CN2C1=O. The Balaban J connectivity index is 2.04. The fourth-order valence-corrected chi connectivity index (χ4v) is 2.87. The number of hydrogen-bond acceptors (Lipinski definition) is 2. The Morgan fingerprint density at radius 2 is 2.06 bits per heavy atom. The van der Waals surface area contributed by atoms with Gasteiger partial charge < -0.3 is 4.90 Å². The lowest BCUT2D eigenvalue weighted by molar-refractivity contribution is -0.146. The van der Waals surface area contributed by atoms with Crippen LogP contribution in [0.25, 0.3) is 6.08 Å². The van der Waals surface area contributed by atoms with E-state index in [9.17, 15) is 9.59 Å². The van der Waals surface area contributed by atoms with Gasteiger partial charge >= 0.3 is 0 Å². The summed E-state index contributed by atoms with van der Waals surface area (Å²) in [6.07, 6.45) is 4.80. The molecule has 3 nitrogen and oxygen atoms in total. The molecule has 2 unspecified atom stereocenters. The van der Waals surface area contributed by atoms with Crippen molar-refractivity contribution in [2.75, 3.05) is 0 Å². The molecule has 0 radical (unpaired) electrons. The van der Waals surface area contributed by atoms with E-state index in [1.807, 2.05) is 43.5 Å². The molecule has 3 rings (SSSR count). The smallest absolute Gasteiger partial charge is 0.237 e. The molecule has 2 atom stereocenters. The second kappa shape index (κ2) is 4.09. The lowest BCUT2D eigenvalue weighted by Gasteiger charge is -2.39. The van der Waals surface area contributed by atoms with Gasteiger partial charge in [-0.1, -0.05) is 31.2 Å². The van der Waals surface area contributed by atoms with Gasteiger partial charge in [-0.25, -0.2) is 0 Å². The van der Waals surface area contributed by atoms with Gasteiger partial charge in [0, 0.05) is 12.6 Å². The largest absolute Gasteiger partial charge is 0.310 e. The summed E-state index contributed by atoms with van der Waals surface area (Å²) in [5.74, 6) is -0.422. The van der Waals surface area contributed by atoms with Gasteiger partial charge in [-0.2, -0.15) is 0 Å². The van der Waals surface area contributed by atoms with Crippen LogP contribution < -0.4 is 0 Å². The lowest BCUT2D eigenvalue weighted by Crippen LogP contribution is -2.45. The molecule has 1 saturated heterocycles. The van der Waals surface area contributed by atoms with E-state index in [2.05, 4.69) is 0 Å². The first kappa shape index (κ1) is 11.2. The second-order valence-corrected chi connectivity index (χ2v) is 4.84. The Kier molecular flexibility index (Phi) is 2.54. The molecule has 1 aromatic carbocycles. The highest BCUT2D eigenvalue weighted by atomic mass is 16.2. The predicted octanol–water partition coefficient (Wildman–Crippen LogP) is 2.54. The van der Waals surface area contributed by atoms with Crippen LogP contribution in [-0.2, 0) is 9.59 Å². The van der Waals surface area contributed by atoms with E-state index in [4.69, 9.17) is 0 Å². The molecule has 18 heavy (non-hydrogen) atoms. The van der Waals surface area contributed by atoms with E-state index in [1.54, 1.807) is 4.90 Å². The van der Waals surface area contributed by atoms with Crippen molar-refractivity contribution in [2.24, 2.45) is 5.92 Å². The quantitative estimate of drug-likeness (QED) is 0.708. The van der Waals surface area contributed by atoms with Gasteiger partial charge in [0.15, 0.2) is 0 Å². The summed E-state index contributed by atoms with van der Waals surface area (Å²) in [4.78, 5) is 26.0. The molecule has 92 valence electrons. The third-order valence-electron chi connectivity index (χ3n) is 3.85. The zero-order valence-corrected chi connectivity index (χ0v) is 10.3. The Labute approximate surface area is 106 Å². The monoisotopic (exact) mass is 241 g/mol. The highest BCUT2D eigenvalue weighted by Gasteiger charge is 2.41. The van der Waals surface area contributed by atoms with Gasteiger partial charge in [-0.15, -0.1) is 0 Å². The van der Waals surface area contributed by atoms with Crippen molar-refractivity contribution in [3.05, 3.63) is 41.6 Å². The maximum Gasteiger partial charge on any atom is 0.237 e. The minimum atomic E-state index is -0.448. The van der Waals surface area contributed by atoms with E-state index in [0.717, 1.165) is 11.1 Å². The number of carbonyl (C=O) groups excluding carboxylic acids is 2. The van der Waals surface area contributed by atoms with Crippen molar-refractivity contribution in [1.82, 2.24) is 4.90 Å². The summed E-state index contributed by atoms with van der Waals surface area (Å²) >= 11 is 0. The van der Waals surface area contributed by atoms with Gasteiger partial charge in [-0.3, -0.25) is 9.59 Å². The van der Waals surface area contributed by atoms with Gasteiger partial charge in [0.25, 0.3) is 0 Å². The highest BCUT2D eigenvalue weighted by Crippen LogP contribution is 2.38. The van der Waals surface area contributed by atoms with Crippen LogP contribution in [0.15, 0.2) is 30.5 Å². The van der Waals surface area contributed by atoms with E-state index < -0.39 is 5.92 Å². The molecule has 0 bridgehead atoms. The Morgan fingerprint density at radius 1 is 1.28 bits per heavy atom. The van der Waals surface area contributed by atoms with Crippen LogP contribution in [0.3, 0.4) is 0 Å². The molecular formula is C15H15NO2. The van der Waals surface area contributed by atoms with Crippen molar-refractivity contribution in [3.8, 4) is 0 Å². The normalized spacial score (nSPS) is 25.9. The number of rotatable bonds is 1. The second-order valence-electron chi connectivity index (χ2n) is 4.84. The molecule has 2 aliphatic heterocycles. The molecule has 0 aliphatic carbocycles. The Hall–Kier alpha value is -1.90. The minimum absolute atomic E-state index is 0.0514. The summed E-state index contributed by atoms with van der Waals surface area (Å²) in [6, 6.07) is 7.85. The van der Waals surface area contributed by atoms with E-state index in [0.29, 0.717) is 12.8 Å². The number of hydrogen-bond donors (Lipinski definition) is 0. The molecule has 2 aliphatic rings. The van der Waals surface area contributed by atoms with Crippen LogP contribution in [0.5, 0.6) is 0 Å². The average molecular weight is 241 g/mol. The van der Waals surface area contributed by atoms with Gasteiger partial charge in [-0.05, 0) is 23.6 Å². The van der Waals surface area contributed by atoms with Crippen molar-refractivity contribution in [1.29, 1.82) is 0 Å². The van der Waals surface area contributed by atoms with E-state index >= 15 is 0 Å². The molecular weight excluding hydrogens is 226 g/mol. The number of amides is 1. The van der Waals surface area contributed by atoms with Crippen molar-refractivity contribution >= 4 is 17.8 Å². The number of piperidine rings is 1. The number of nitrogens with zero attached hydrogens (tertiary/aromatic N) is 1. The van der Waals surface area contributed by atoms with E-state index in [1.165, 1.54) is 0 Å². The van der Waals surface area contributed by atoms with Crippen LogP contribution in [-0.4, -0.2) is 16.6 Å². The number of fused-ring (bicyclic) bond motifs is 3. The standard InChI is InChI=1S/C15H15NO2/c1-2-11-14(17)9-13-12-6-4-3-5-10(12)7-8-16(13)15(11)18/h3-8,11,13H,2,9H2,1H3. The van der Waals surface area contributed by atoms with Gasteiger partial charge in [0.1, 0.15) is 5.78 Å². The third kappa shape index (κ3) is 1.50. The topological polar surface area (TPSA) is 37.4 Å². The molecule has 1 aromatic rings. The first-order valence-corrected chi connectivity index (χ1v) is 6.34. The first-order chi connectivity index (χ1) is 8.72.